The zero-order valence-corrected chi connectivity index (χ0v) is 16.2. The van der Waals surface area contributed by atoms with E-state index in [0.717, 1.165) is 24.2 Å². The van der Waals surface area contributed by atoms with E-state index in [9.17, 15) is 0 Å². The first-order chi connectivity index (χ1) is 13.2. The molecule has 0 amide bonds. The molecule has 4 rings (SSSR count). The summed E-state index contributed by atoms with van der Waals surface area (Å²) in [6.45, 7) is 6.10. The maximum absolute atomic E-state index is 4.81. The number of hydrogen-bond donors (Lipinski definition) is 0. The highest BCUT2D eigenvalue weighted by Gasteiger charge is 2.09. The third-order valence-electron chi connectivity index (χ3n) is 4.67. The molecule has 1 aliphatic rings. The molecule has 1 aromatic heterocycles. The fourth-order valence-corrected chi connectivity index (χ4v) is 4.35. The maximum atomic E-state index is 4.81. The smallest absolute Gasteiger partial charge is 0.157 e. The molecule has 1 aliphatic carbocycles. The number of allylic oxidation sites excluding steroid dienone is 3. The molecule has 0 saturated carbocycles. The molecule has 3 aromatic rings. The summed E-state index contributed by atoms with van der Waals surface area (Å²) in [5, 5.41) is 2.58. The van der Waals surface area contributed by atoms with Gasteiger partial charge >= 0.3 is 0 Å². The number of aliphatic imine (C=N–C) groups is 3. The number of fused-ring (bicyclic) bond motifs is 3. The van der Waals surface area contributed by atoms with Gasteiger partial charge in [0.25, 0.3) is 0 Å². The zero-order valence-electron chi connectivity index (χ0n) is 15.4. The van der Waals surface area contributed by atoms with Crippen molar-refractivity contribution in [3.8, 4) is 0 Å². The molecule has 0 N–H and O–H groups in total. The molecule has 0 atom stereocenters. The van der Waals surface area contributed by atoms with E-state index in [0.29, 0.717) is 12.4 Å². The second-order valence-electron chi connectivity index (χ2n) is 6.56. The lowest BCUT2D eigenvalue weighted by Gasteiger charge is -2.08. The van der Waals surface area contributed by atoms with Crippen molar-refractivity contribution < 1.29 is 0 Å². The summed E-state index contributed by atoms with van der Waals surface area (Å²) in [5.74, 6) is 1.34. The standard InChI is InChI=1S/C23H21N3S/c1-16(24-2)26-23(25-15-17-8-4-3-5-9-17)18-12-13-20-19-10-6-7-11-21(19)27-22(20)14-18/h3-4,6-8,10-14H,2,5,9,15H2,1H3. The van der Waals surface area contributed by atoms with Crippen LogP contribution in [0.25, 0.3) is 20.2 Å². The number of benzene rings is 2. The van der Waals surface area contributed by atoms with Gasteiger partial charge in [-0.05, 0) is 44.2 Å². The summed E-state index contributed by atoms with van der Waals surface area (Å²) in [4.78, 5) is 13.4. The van der Waals surface area contributed by atoms with Crippen molar-refractivity contribution in [3.05, 3.63) is 71.8 Å². The summed E-state index contributed by atoms with van der Waals surface area (Å²) in [7, 11) is 0. The van der Waals surface area contributed by atoms with Crippen LogP contribution in [0, 0.1) is 0 Å². The Kier molecular flexibility index (Phi) is 5.07. The van der Waals surface area contributed by atoms with E-state index in [2.05, 4.69) is 77.4 Å². The van der Waals surface area contributed by atoms with Gasteiger partial charge in [0.2, 0.25) is 0 Å². The third kappa shape index (κ3) is 3.81. The monoisotopic (exact) mass is 371 g/mol. The Hall–Kier alpha value is -2.85. The lowest BCUT2D eigenvalue weighted by Crippen LogP contribution is -2.03. The van der Waals surface area contributed by atoms with E-state index in [1.54, 1.807) is 11.3 Å². The van der Waals surface area contributed by atoms with Crippen LogP contribution < -0.4 is 0 Å². The van der Waals surface area contributed by atoms with Crippen LogP contribution in [0.4, 0.5) is 0 Å². The van der Waals surface area contributed by atoms with Gasteiger partial charge in [0, 0.05) is 25.7 Å². The quantitative estimate of drug-likeness (QED) is 0.388. The largest absolute Gasteiger partial charge is 0.262 e. The molecule has 0 radical (unpaired) electrons. The highest BCUT2D eigenvalue weighted by Crippen LogP contribution is 2.34. The molecule has 2 aromatic carbocycles. The molecule has 3 nitrogen and oxygen atoms in total. The van der Waals surface area contributed by atoms with Crippen molar-refractivity contribution >= 4 is 49.9 Å². The first-order valence-corrected chi connectivity index (χ1v) is 9.89. The Morgan fingerprint density at radius 1 is 1.11 bits per heavy atom. The van der Waals surface area contributed by atoms with Gasteiger partial charge in [0.05, 0.1) is 6.54 Å². The molecule has 4 heteroatoms. The number of thiophene rings is 1. The van der Waals surface area contributed by atoms with Gasteiger partial charge in [-0.1, -0.05) is 48.6 Å². The van der Waals surface area contributed by atoms with Gasteiger partial charge in [-0.2, -0.15) is 0 Å². The van der Waals surface area contributed by atoms with Gasteiger partial charge in [0.15, 0.2) is 5.84 Å². The third-order valence-corrected chi connectivity index (χ3v) is 5.80. The average Bonchev–Trinajstić information content (AvgIpc) is 3.09. The lowest BCUT2D eigenvalue weighted by molar-refractivity contribution is 0.915. The van der Waals surface area contributed by atoms with Crippen molar-refractivity contribution in [1.82, 2.24) is 0 Å². The Labute approximate surface area is 163 Å². The van der Waals surface area contributed by atoms with E-state index in [1.165, 1.54) is 25.7 Å². The van der Waals surface area contributed by atoms with Crippen LogP contribution >= 0.6 is 11.3 Å². The second kappa shape index (κ2) is 7.80. The fourth-order valence-electron chi connectivity index (χ4n) is 3.21. The molecule has 134 valence electrons. The number of amidine groups is 2. The molecule has 0 saturated heterocycles. The molecule has 0 spiro atoms. The number of nitrogens with zero attached hydrogens (tertiary/aromatic N) is 3. The predicted octanol–water partition coefficient (Wildman–Crippen LogP) is 6.20. The lowest BCUT2D eigenvalue weighted by atomic mass is 10.1. The van der Waals surface area contributed by atoms with Crippen LogP contribution in [0.2, 0.25) is 0 Å². The van der Waals surface area contributed by atoms with Crippen molar-refractivity contribution in [2.45, 2.75) is 19.8 Å². The Morgan fingerprint density at radius 3 is 2.78 bits per heavy atom. The minimum atomic E-state index is 0.628. The summed E-state index contributed by atoms with van der Waals surface area (Å²) in [6, 6.07) is 15.0. The molecule has 1 heterocycles. The molecule has 0 fully saturated rings. The molecule has 27 heavy (non-hydrogen) atoms. The van der Waals surface area contributed by atoms with E-state index >= 15 is 0 Å². The average molecular weight is 372 g/mol. The van der Waals surface area contributed by atoms with Crippen LogP contribution in [0.3, 0.4) is 0 Å². The highest BCUT2D eigenvalue weighted by molar-refractivity contribution is 7.25. The van der Waals surface area contributed by atoms with E-state index in [1.807, 2.05) is 6.92 Å². The zero-order chi connectivity index (χ0) is 18.6. The van der Waals surface area contributed by atoms with Crippen molar-refractivity contribution in [1.29, 1.82) is 0 Å². The maximum Gasteiger partial charge on any atom is 0.157 e. The first kappa shape index (κ1) is 17.6. The molecule has 0 bridgehead atoms. The second-order valence-corrected chi connectivity index (χ2v) is 7.64. The Morgan fingerprint density at radius 2 is 1.96 bits per heavy atom. The summed E-state index contributed by atoms with van der Waals surface area (Å²) >= 11 is 1.80. The predicted molar refractivity (Wildman–Crippen MR) is 120 cm³/mol. The van der Waals surface area contributed by atoms with Crippen molar-refractivity contribution in [2.24, 2.45) is 15.0 Å². The summed E-state index contributed by atoms with van der Waals surface area (Å²) in [6.07, 6.45) is 8.60. The van der Waals surface area contributed by atoms with Crippen molar-refractivity contribution in [2.75, 3.05) is 6.54 Å². The van der Waals surface area contributed by atoms with Crippen LogP contribution in [-0.4, -0.2) is 24.9 Å². The van der Waals surface area contributed by atoms with Crippen LogP contribution in [0.1, 0.15) is 25.3 Å². The van der Waals surface area contributed by atoms with Gasteiger partial charge in [-0.15, -0.1) is 11.3 Å². The molecule has 0 unspecified atom stereocenters. The molecular formula is C23H21N3S. The minimum absolute atomic E-state index is 0.628. The van der Waals surface area contributed by atoms with Crippen LogP contribution in [0.15, 0.2) is 81.2 Å². The van der Waals surface area contributed by atoms with Gasteiger partial charge < -0.3 is 0 Å². The van der Waals surface area contributed by atoms with Gasteiger partial charge in [-0.3, -0.25) is 4.99 Å². The van der Waals surface area contributed by atoms with Gasteiger partial charge in [-0.25, -0.2) is 9.98 Å². The normalized spacial score (nSPS) is 15.4. The molecular weight excluding hydrogens is 350 g/mol. The van der Waals surface area contributed by atoms with Gasteiger partial charge in [0.1, 0.15) is 5.84 Å². The number of hydrogen-bond acceptors (Lipinski definition) is 2. The topological polar surface area (TPSA) is 37.1 Å². The van der Waals surface area contributed by atoms with E-state index in [4.69, 9.17) is 4.99 Å². The first-order valence-electron chi connectivity index (χ1n) is 9.07. The van der Waals surface area contributed by atoms with Crippen LogP contribution in [0.5, 0.6) is 0 Å². The Bertz CT molecular complexity index is 1130. The Balaban J connectivity index is 1.76. The number of rotatable bonds is 3. The van der Waals surface area contributed by atoms with Crippen LogP contribution in [-0.2, 0) is 0 Å². The minimum Gasteiger partial charge on any atom is -0.262 e. The SMILES string of the molecule is C=NC(C)=NC(=NCC1=CC=CCC1)c1ccc2c(c1)sc1ccccc12. The summed E-state index contributed by atoms with van der Waals surface area (Å²) in [5.41, 5.74) is 2.35. The van der Waals surface area contributed by atoms with E-state index < -0.39 is 0 Å². The highest BCUT2D eigenvalue weighted by atomic mass is 32.1. The summed E-state index contributed by atoms with van der Waals surface area (Å²) < 4.78 is 2.55. The van der Waals surface area contributed by atoms with E-state index in [-0.39, 0.29) is 0 Å². The fraction of sp³-hybridized carbons (Fsp3) is 0.174. The van der Waals surface area contributed by atoms with Crippen molar-refractivity contribution in [3.63, 3.8) is 0 Å². The molecule has 0 aliphatic heterocycles.